The van der Waals surface area contributed by atoms with Gasteiger partial charge in [0, 0.05) is 16.2 Å². The fraction of sp³-hybridized carbons (Fsp3) is 0.962. The molecule has 2 saturated heterocycles. The van der Waals surface area contributed by atoms with Gasteiger partial charge >= 0.3 is 5.97 Å². The lowest BCUT2D eigenvalue weighted by Gasteiger charge is -2.61. The molecular formula is C26H44O4. The molecule has 0 radical (unpaired) electrons. The topological polar surface area (TPSA) is 62.4 Å². The van der Waals surface area contributed by atoms with Crippen molar-refractivity contribution in [2.24, 2.45) is 33.0 Å². The molecule has 4 nitrogen and oxygen atoms in total. The van der Waals surface area contributed by atoms with Gasteiger partial charge in [-0.1, -0.05) is 48.5 Å². The van der Waals surface area contributed by atoms with Crippen LogP contribution in [0.1, 0.15) is 102 Å². The smallest absolute Gasteiger partial charge is 0.310 e. The summed E-state index contributed by atoms with van der Waals surface area (Å²) in [5.41, 5.74) is -2.54. The van der Waals surface area contributed by atoms with E-state index in [0.29, 0.717) is 12.3 Å². The van der Waals surface area contributed by atoms with E-state index in [2.05, 4.69) is 76.2 Å². The lowest BCUT2D eigenvalue weighted by atomic mass is 9.40. The van der Waals surface area contributed by atoms with Crippen LogP contribution in [0.2, 0.25) is 0 Å². The molecule has 172 valence electrons. The van der Waals surface area contributed by atoms with Gasteiger partial charge in [0.15, 0.2) is 0 Å². The summed E-state index contributed by atoms with van der Waals surface area (Å²) in [7, 11) is 0. The van der Waals surface area contributed by atoms with E-state index in [9.17, 15) is 9.90 Å². The van der Waals surface area contributed by atoms with Crippen LogP contribution in [0.5, 0.6) is 0 Å². The second-order valence-electron chi connectivity index (χ2n) is 13.9. The molecule has 4 fully saturated rings. The predicted molar refractivity (Wildman–Crippen MR) is 118 cm³/mol. The number of aliphatic carboxylic acids is 1. The minimum absolute atomic E-state index is 0.0166. The molecule has 0 bridgehead atoms. The Bertz CT molecular complexity index is 833. The number of carbonyl (C=O) groups is 1. The van der Waals surface area contributed by atoms with Gasteiger partial charge in [-0.2, -0.15) is 0 Å². The normalized spacial score (nSPS) is 60.3. The van der Waals surface area contributed by atoms with Gasteiger partial charge in [-0.25, -0.2) is 0 Å². The van der Waals surface area contributed by atoms with Crippen LogP contribution in [0.4, 0.5) is 0 Å². The zero-order valence-electron chi connectivity index (χ0n) is 21.4. The summed E-state index contributed by atoms with van der Waals surface area (Å²) in [6.45, 7) is 26.8. The molecule has 0 aromatic carbocycles. The van der Waals surface area contributed by atoms with Gasteiger partial charge in [-0.3, -0.25) is 4.79 Å². The summed E-state index contributed by atoms with van der Waals surface area (Å²) < 4.78 is 13.1. The summed E-state index contributed by atoms with van der Waals surface area (Å²) in [5.74, 6) is -0.238. The first kappa shape index (κ1) is 22.6. The molecule has 4 rings (SSSR count). The Kier molecular flexibility index (Phi) is 3.87. The molecule has 0 amide bonds. The van der Waals surface area contributed by atoms with E-state index in [4.69, 9.17) is 9.47 Å². The van der Waals surface area contributed by atoms with Gasteiger partial charge in [-0.05, 0) is 65.2 Å². The molecule has 0 spiro atoms. The van der Waals surface area contributed by atoms with Crippen LogP contribution < -0.4 is 0 Å². The third-order valence-electron chi connectivity index (χ3n) is 12.7. The van der Waals surface area contributed by atoms with Crippen molar-refractivity contribution in [3.05, 3.63) is 0 Å². The van der Waals surface area contributed by atoms with Crippen LogP contribution in [0.3, 0.4) is 0 Å². The zero-order chi connectivity index (χ0) is 23.2. The van der Waals surface area contributed by atoms with E-state index < -0.39 is 22.4 Å². The quantitative estimate of drug-likeness (QED) is 0.563. The highest BCUT2D eigenvalue weighted by atomic mass is 16.6. The number of fused-ring (bicyclic) bond motifs is 2. The van der Waals surface area contributed by atoms with Crippen molar-refractivity contribution in [3.8, 4) is 0 Å². The molecule has 2 aliphatic carbocycles. The summed E-state index contributed by atoms with van der Waals surface area (Å²) in [4.78, 5) is 12.6. The molecule has 4 heteroatoms. The van der Waals surface area contributed by atoms with Gasteiger partial charge in [0.1, 0.15) is 16.8 Å². The Balaban J connectivity index is 1.79. The van der Waals surface area contributed by atoms with Crippen LogP contribution in [0, 0.1) is 33.0 Å². The van der Waals surface area contributed by atoms with Crippen LogP contribution in [0.15, 0.2) is 0 Å². The van der Waals surface area contributed by atoms with Crippen molar-refractivity contribution in [2.75, 3.05) is 0 Å². The van der Waals surface area contributed by atoms with E-state index in [-0.39, 0.29) is 33.0 Å². The van der Waals surface area contributed by atoms with Gasteiger partial charge < -0.3 is 14.6 Å². The summed E-state index contributed by atoms with van der Waals surface area (Å²) in [6.07, 6.45) is 2.66. The maximum Gasteiger partial charge on any atom is 0.310 e. The summed E-state index contributed by atoms with van der Waals surface area (Å²) >= 11 is 0. The molecule has 4 aliphatic rings. The van der Waals surface area contributed by atoms with Gasteiger partial charge in [0.25, 0.3) is 0 Å². The molecule has 30 heavy (non-hydrogen) atoms. The van der Waals surface area contributed by atoms with E-state index in [1.165, 1.54) is 0 Å². The van der Waals surface area contributed by atoms with Crippen molar-refractivity contribution in [1.29, 1.82) is 0 Å². The number of hydrogen-bond acceptors (Lipinski definition) is 3. The molecular weight excluding hydrogens is 376 g/mol. The van der Waals surface area contributed by atoms with Crippen LogP contribution >= 0.6 is 0 Å². The van der Waals surface area contributed by atoms with Crippen LogP contribution in [0.25, 0.3) is 0 Å². The SMILES string of the molecule is CC1CC(C)(CC2(C)CC(C)(C(=O)O)C(C)(C)C3(C)OC23C)C(C)(C)C2(C)OC12C. The number of carboxylic acid groups (broad SMARTS) is 1. The monoisotopic (exact) mass is 420 g/mol. The number of ether oxygens (including phenoxy) is 2. The number of carboxylic acids is 1. The Labute approximate surface area is 183 Å². The maximum absolute atomic E-state index is 12.6. The van der Waals surface area contributed by atoms with Crippen molar-refractivity contribution in [1.82, 2.24) is 0 Å². The third kappa shape index (κ3) is 1.93. The zero-order valence-corrected chi connectivity index (χ0v) is 21.4. The fourth-order valence-corrected chi connectivity index (χ4v) is 8.65. The molecule has 2 aliphatic heterocycles. The Morgan fingerprint density at radius 2 is 1.33 bits per heavy atom. The van der Waals surface area contributed by atoms with Crippen molar-refractivity contribution < 1.29 is 19.4 Å². The van der Waals surface area contributed by atoms with E-state index in [1.54, 1.807) is 0 Å². The first-order valence-corrected chi connectivity index (χ1v) is 11.8. The second kappa shape index (κ2) is 5.14. The number of hydrogen-bond donors (Lipinski definition) is 1. The third-order valence-corrected chi connectivity index (χ3v) is 12.7. The minimum Gasteiger partial charge on any atom is -0.481 e. The molecule has 2 heterocycles. The van der Waals surface area contributed by atoms with E-state index >= 15 is 0 Å². The highest BCUT2D eigenvalue weighted by Gasteiger charge is 2.86. The van der Waals surface area contributed by atoms with E-state index in [0.717, 1.165) is 12.8 Å². The molecule has 2 saturated carbocycles. The van der Waals surface area contributed by atoms with Crippen molar-refractivity contribution >= 4 is 5.97 Å². The molecule has 0 aromatic heterocycles. The highest BCUT2D eigenvalue weighted by molar-refractivity contribution is 5.76. The van der Waals surface area contributed by atoms with Gasteiger partial charge in [-0.15, -0.1) is 0 Å². The lowest BCUT2D eigenvalue weighted by Crippen LogP contribution is -2.64. The lowest BCUT2D eigenvalue weighted by molar-refractivity contribution is -0.171. The van der Waals surface area contributed by atoms with Crippen LogP contribution in [-0.4, -0.2) is 33.5 Å². The predicted octanol–water partition coefficient (Wildman–Crippen LogP) is 6.07. The Morgan fingerprint density at radius 3 is 1.83 bits per heavy atom. The van der Waals surface area contributed by atoms with Crippen LogP contribution in [-0.2, 0) is 14.3 Å². The van der Waals surface area contributed by atoms with E-state index in [1.807, 2.05) is 6.92 Å². The molecule has 8 atom stereocenters. The average Bonchev–Trinajstić information content (AvgIpc) is 3.38. The number of epoxide rings is 2. The highest BCUT2D eigenvalue weighted by Crippen LogP contribution is 2.80. The summed E-state index contributed by atoms with van der Waals surface area (Å²) in [6, 6.07) is 0. The maximum atomic E-state index is 12.6. The molecule has 0 aromatic rings. The number of rotatable bonds is 3. The first-order valence-electron chi connectivity index (χ1n) is 11.8. The first-order chi connectivity index (χ1) is 13.1. The van der Waals surface area contributed by atoms with Gasteiger partial charge in [0.05, 0.1) is 11.0 Å². The molecule has 8 unspecified atom stereocenters. The standard InChI is InChI=1S/C26H44O4/c1-16-13-20(6,18(2,3)24(10)23(16,9)29-24)14-21(7)15-22(8,17(27)28)19(4,5)25(11)26(21,12)30-25/h16H,13-15H2,1-12H3,(H,27,28). The van der Waals surface area contributed by atoms with Crippen molar-refractivity contribution in [2.45, 2.75) is 125 Å². The Morgan fingerprint density at radius 1 is 0.800 bits per heavy atom. The van der Waals surface area contributed by atoms with Gasteiger partial charge in [0.2, 0.25) is 0 Å². The Hall–Kier alpha value is -0.610. The molecule has 1 N–H and O–H groups in total. The van der Waals surface area contributed by atoms with Crippen molar-refractivity contribution in [3.63, 3.8) is 0 Å². The minimum atomic E-state index is -0.845. The fourth-order valence-electron chi connectivity index (χ4n) is 8.65. The largest absolute Gasteiger partial charge is 0.481 e. The summed E-state index contributed by atoms with van der Waals surface area (Å²) in [5, 5.41) is 10.4. The second-order valence-corrected chi connectivity index (χ2v) is 13.9. The average molecular weight is 421 g/mol.